The van der Waals surface area contributed by atoms with Crippen molar-refractivity contribution >= 4 is 19.9 Å². The second-order valence-electron chi connectivity index (χ2n) is 7.14. The molecule has 2 aliphatic rings. The van der Waals surface area contributed by atoms with Crippen LogP contribution in [0.5, 0.6) is 0 Å². The maximum atomic E-state index is 3.26. The van der Waals surface area contributed by atoms with Crippen molar-refractivity contribution in [1.29, 1.82) is 0 Å². The van der Waals surface area contributed by atoms with Crippen LogP contribution in [0, 0.1) is 26.0 Å². The van der Waals surface area contributed by atoms with Gasteiger partial charge in [0, 0.05) is 0 Å². The topological polar surface area (TPSA) is 0 Å². The first-order chi connectivity index (χ1) is 13.5. The molecule has 2 aromatic rings. The van der Waals surface area contributed by atoms with Gasteiger partial charge in [0.15, 0.2) is 0 Å². The Kier molecular flexibility index (Phi) is 18.3. The number of rotatable bonds is 2. The summed E-state index contributed by atoms with van der Waals surface area (Å²) in [6, 6.07) is 17.2. The average molecular weight is 545 g/mol. The van der Waals surface area contributed by atoms with E-state index >= 15 is 0 Å². The van der Waals surface area contributed by atoms with Crippen LogP contribution < -0.4 is 35.2 Å². The van der Waals surface area contributed by atoms with Gasteiger partial charge in [-0.1, -0.05) is 83.9 Å². The summed E-state index contributed by atoms with van der Waals surface area (Å²) in [5, 5.41) is 2.90. The molecule has 0 aromatic heterocycles. The number of halogens is 2. The Morgan fingerprint density at radius 2 is 1.29 bits per heavy atom. The standard InChI is InChI=1S/C14H14Si.C8H11.C5H5.2ClH.Zr/c1-11-7-3-5-9-13(11)15-14-10-6-4-8-12(14)2;1-6-4-5-7(2)8(6)3;1-2-4-5-3-1;;;/h3-10H,1-2H3;4H2,1-3H3;1-3H,4H2;2*1H;/q;2*-1;;;+4/p-2. The zero-order chi connectivity index (χ0) is 20.4. The third kappa shape index (κ3) is 11.5. The molecular formula is C27H30Cl2SiZr. The molecule has 4 heteroatoms. The molecule has 0 fully saturated rings. The number of hydrogen-bond acceptors (Lipinski definition) is 0. The summed E-state index contributed by atoms with van der Waals surface area (Å²) >= 11 is 0. The predicted molar refractivity (Wildman–Crippen MR) is 124 cm³/mol. The van der Waals surface area contributed by atoms with E-state index in [1.165, 1.54) is 38.2 Å². The van der Waals surface area contributed by atoms with E-state index in [1.807, 2.05) is 12.2 Å². The Morgan fingerprint density at radius 3 is 1.55 bits per heavy atom. The van der Waals surface area contributed by atoms with Crippen molar-refractivity contribution in [3.8, 4) is 0 Å². The minimum atomic E-state index is 0. The molecule has 0 saturated heterocycles. The zero-order valence-electron chi connectivity index (χ0n) is 19.0. The maximum Gasteiger partial charge on any atom is 4.00 e. The Morgan fingerprint density at radius 1 is 0.774 bits per heavy atom. The van der Waals surface area contributed by atoms with Gasteiger partial charge < -0.3 is 24.8 Å². The second-order valence-corrected chi connectivity index (χ2v) is 8.47. The maximum absolute atomic E-state index is 3.26. The van der Waals surface area contributed by atoms with Crippen molar-refractivity contribution in [1.82, 2.24) is 0 Å². The Hall–Kier alpha value is -0.920. The van der Waals surface area contributed by atoms with Gasteiger partial charge in [0.2, 0.25) is 0 Å². The van der Waals surface area contributed by atoms with E-state index < -0.39 is 0 Å². The fourth-order valence-corrected chi connectivity index (χ4v) is 3.97. The van der Waals surface area contributed by atoms with Crippen molar-refractivity contribution in [3.63, 3.8) is 0 Å². The molecule has 0 bridgehead atoms. The quantitative estimate of drug-likeness (QED) is 0.362. The summed E-state index contributed by atoms with van der Waals surface area (Å²) in [4.78, 5) is 0. The van der Waals surface area contributed by atoms with E-state index in [4.69, 9.17) is 0 Å². The van der Waals surface area contributed by atoms with E-state index in [0.29, 0.717) is 0 Å². The van der Waals surface area contributed by atoms with Crippen LogP contribution in [0.1, 0.15) is 44.7 Å². The first kappa shape index (κ1) is 32.3. The van der Waals surface area contributed by atoms with E-state index in [2.05, 4.69) is 101 Å². The molecule has 2 radical (unpaired) electrons. The fraction of sp³-hybridized carbons (Fsp3) is 0.259. The van der Waals surface area contributed by atoms with Crippen LogP contribution in [0.15, 0.2) is 83.5 Å². The molecule has 2 aromatic carbocycles. The molecule has 31 heavy (non-hydrogen) atoms. The summed E-state index contributed by atoms with van der Waals surface area (Å²) in [6.45, 7) is 10.8. The van der Waals surface area contributed by atoms with Crippen LogP contribution in [-0.4, -0.2) is 9.52 Å². The van der Waals surface area contributed by atoms with Crippen molar-refractivity contribution in [2.45, 2.75) is 47.5 Å². The average Bonchev–Trinajstić information content (AvgIpc) is 3.37. The predicted octanol–water partition coefficient (Wildman–Crippen LogP) is -0.254. The van der Waals surface area contributed by atoms with Gasteiger partial charge in [-0.3, -0.25) is 12.2 Å². The van der Waals surface area contributed by atoms with Crippen LogP contribution in [0.4, 0.5) is 0 Å². The van der Waals surface area contributed by atoms with Gasteiger partial charge in [-0.15, -0.1) is 19.8 Å². The third-order valence-corrected chi connectivity index (χ3v) is 6.63. The third-order valence-electron chi connectivity index (χ3n) is 4.97. The van der Waals surface area contributed by atoms with Gasteiger partial charge in [0.05, 0.1) is 0 Å². The van der Waals surface area contributed by atoms with Gasteiger partial charge in [-0.2, -0.15) is 17.2 Å². The molecule has 0 heterocycles. The minimum absolute atomic E-state index is 0. The Labute approximate surface area is 223 Å². The summed E-state index contributed by atoms with van der Waals surface area (Å²) in [6.07, 6.45) is 14.3. The zero-order valence-corrected chi connectivity index (χ0v) is 24.0. The van der Waals surface area contributed by atoms with E-state index in [-0.39, 0.29) is 51.0 Å². The van der Waals surface area contributed by atoms with Crippen LogP contribution >= 0.6 is 0 Å². The van der Waals surface area contributed by atoms with Crippen molar-refractivity contribution in [3.05, 3.63) is 107 Å². The molecular weight excluding hydrogens is 515 g/mol. The largest absolute Gasteiger partial charge is 4.00 e. The first-order valence-corrected chi connectivity index (χ1v) is 10.8. The van der Waals surface area contributed by atoms with Crippen LogP contribution in [-0.2, 0) is 26.2 Å². The molecule has 0 nitrogen and oxygen atoms in total. The molecule has 0 aliphatic heterocycles. The van der Waals surface area contributed by atoms with Crippen molar-refractivity contribution in [2.75, 3.05) is 0 Å². The monoisotopic (exact) mass is 542 g/mol. The molecule has 0 N–H and O–H groups in total. The normalized spacial score (nSPS) is 12.9. The van der Waals surface area contributed by atoms with Crippen LogP contribution in [0.25, 0.3) is 0 Å². The molecule has 0 spiro atoms. The van der Waals surface area contributed by atoms with Gasteiger partial charge in [0.25, 0.3) is 0 Å². The SMILES string of the molecule is CC1=[C-]CC(C)=C1C.Cc1ccccc1[Si]c1ccccc1C.[C-]1=CC=CC1.[Cl-].[Cl-].[Zr+4]. The smallest absolute Gasteiger partial charge is 1.00 e. The molecule has 0 unspecified atom stereocenters. The van der Waals surface area contributed by atoms with Gasteiger partial charge in [0.1, 0.15) is 9.52 Å². The first-order valence-electron chi connectivity index (χ1n) is 9.83. The minimum Gasteiger partial charge on any atom is -1.00 e. The molecule has 160 valence electrons. The summed E-state index contributed by atoms with van der Waals surface area (Å²) in [5.74, 6) is 0. The molecule has 0 atom stereocenters. The van der Waals surface area contributed by atoms with Crippen molar-refractivity contribution in [2.24, 2.45) is 0 Å². The van der Waals surface area contributed by atoms with Crippen LogP contribution in [0.3, 0.4) is 0 Å². The van der Waals surface area contributed by atoms with E-state index in [9.17, 15) is 0 Å². The fourth-order valence-electron chi connectivity index (χ4n) is 2.76. The molecule has 0 amide bonds. The number of hydrogen-bond donors (Lipinski definition) is 0. The Balaban J connectivity index is 0. The van der Waals surface area contributed by atoms with Gasteiger partial charge >= 0.3 is 26.2 Å². The summed E-state index contributed by atoms with van der Waals surface area (Å²) in [7, 11) is 0.774. The van der Waals surface area contributed by atoms with Gasteiger partial charge in [-0.25, -0.2) is 17.7 Å². The number of allylic oxidation sites excluding steroid dienone is 8. The van der Waals surface area contributed by atoms with E-state index in [0.717, 1.165) is 22.4 Å². The number of benzene rings is 2. The molecule has 4 rings (SSSR count). The number of aryl methyl sites for hydroxylation is 2. The van der Waals surface area contributed by atoms with E-state index in [1.54, 1.807) is 0 Å². The summed E-state index contributed by atoms with van der Waals surface area (Å²) < 4.78 is 0. The van der Waals surface area contributed by atoms with Gasteiger partial charge in [-0.05, 0) is 13.8 Å². The summed E-state index contributed by atoms with van der Waals surface area (Å²) in [5.41, 5.74) is 7.02. The Bertz CT molecular complexity index is 852. The van der Waals surface area contributed by atoms with Crippen LogP contribution in [0.2, 0.25) is 0 Å². The molecule has 0 saturated carbocycles. The second kappa shape index (κ2) is 17.6. The van der Waals surface area contributed by atoms with Crippen molar-refractivity contribution < 1.29 is 51.0 Å². The molecule has 2 aliphatic carbocycles.